The second-order valence-corrected chi connectivity index (χ2v) is 7.38. The van der Waals surface area contributed by atoms with Gasteiger partial charge in [-0.15, -0.1) is 5.10 Å². The summed E-state index contributed by atoms with van der Waals surface area (Å²) in [5, 5.41) is 8.44. The average molecular weight is 365 g/mol. The maximum absolute atomic E-state index is 5.91. The van der Waals surface area contributed by atoms with Gasteiger partial charge >= 0.3 is 0 Å². The smallest absolute Gasteiger partial charge is 0.139 e. The molecule has 8 nitrogen and oxygen atoms in total. The van der Waals surface area contributed by atoms with E-state index in [0.717, 1.165) is 25.1 Å². The lowest BCUT2D eigenvalue weighted by atomic mass is 9.91. The number of hydrogen-bond acceptors (Lipinski definition) is 7. The van der Waals surface area contributed by atoms with Crippen molar-refractivity contribution in [1.82, 2.24) is 15.0 Å². The summed E-state index contributed by atoms with van der Waals surface area (Å²) in [6.45, 7) is 2.31. The second kappa shape index (κ2) is 9.32. The van der Waals surface area contributed by atoms with Crippen LogP contribution in [-0.2, 0) is 36.8 Å². The average Bonchev–Trinajstić information content (AvgIpc) is 3.28. The first-order valence-electron chi connectivity index (χ1n) is 9.38. The van der Waals surface area contributed by atoms with Gasteiger partial charge in [-0.05, 0) is 12.8 Å². The van der Waals surface area contributed by atoms with Crippen molar-refractivity contribution in [3.8, 4) is 0 Å². The van der Waals surface area contributed by atoms with Crippen molar-refractivity contribution in [3.63, 3.8) is 0 Å². The monoisotopic (exact) mass is 365 g/mol. The Morgan fingerprint density at radius 3 is 2.69 bits per heavy atom. The van der Waals surface area contributed by atoms with E-state index >= 15 is 0 Å². The molecule has 0 aromatic carbocycles. The Labute approximate surface area is 156 Å². The van der Waals surface area contributed by atoms with Crippen LogP contribution in [0.3, 0.4) is 0 Å². The van der Waals surface area contributed by atoms with Crippen molar-refractivity contribution in [2.45, 2.75) is 56.3 Å². The maximum Gasteiger partial charge on any atom is 0.139 e. The number of aromatic nitrogens is 3. The van der Waals surface area contributed by atoms with Crippen LogP contribution in [-0.4, -0.2) is 88.4 Å². The fraction of sp³-hybridized carbons (Fsp3) is 0.875. The molecule has 2 fully saturated rings. The number of hydrogen-bond donors (Lipinski definition) is 0. The summed E-state index contributed by atoms with van der Waals surface area (Å²) < 4.78 is 30.1. The summed E-state index contributed by atoms with van der Waals surface area (Å²) in [5.41, 5.74) is 0.820. The lowest BCUT2D eigenvalue weighted by Crippen LogP contribution is -2.28. The zero-order valence-electron chi connectivity index (χ0n) is 16.2. The van der Waals surface area contributed by atoms with Crippen molar-refractivity contribution >= 4 is 15.7 Å². The van der Waals surface area contributed by atoms with Gasteiger partial charge < -0.3 is 23.7 Å². The minimum Gasteiger partial charge on any atom is -0.382 e. The molecule has 26 heavy (non-hydrogen) atoms. The Balaban J connectivity index is 1.44. The van der Waals surface area contributed by atoms with Crippen LogP contribution in [0.2, 0.25) is 0 Å². The molecule has 2 aliphatic heterocycles. The van der Waals surface area contributed by atoms with Gasteiger partial charge in [-0.1, -0.05) is 5.21 Å². The van der Waals surface area contributed by atoms with E-state index in [0.29, 0.717) is 25.7 Å². The Kier molecular flexibility index (Phi) is 7.11. The third-order valence-corrected chi connectivity index (χ3v) is 5.13. The molecule has 0 aliphatic carbocycles. The van der Waals surface area contributed by atoms with Gasteiger partial charge in [0.2, 0.25) is 0 Å². The lowest BCUT2D eigenvalue weighted by molar-refractivity contribution is -0.0469. The van der Waals surface area contributed by atoms with Gasteiger partial charge in [-0.2, -0.15) is 0 Å². The SMILES string of the molecule is B[C@H]1C[C@@H](Cn2cc(COC[C@H]3O[C@@H](B)C[C@H]3OC)nn2)[C@@H](COC)O1. The van der Waals surface area contributed by atoms with Crippen LogP contribution in [0.15, 0.2) is 6.20 Å². The quantitative estimate of drug-likeness (QED) is 0.497. The molecule has 0 saturated carbocycles. The summed E-state index contributed by atoms with van der Waals surface area (Å²) >= 11 is 0. The molecular formula is C16H29B2N3O5. The molecule has 2 saturated heterocycles. The normalized spacial score (nSPS) is 34.5. The molecule has 3 heterocycles. The van der Waals surface area contributed by atoms with Gasteiger partial charge in [-0.25, -0.2) is 0 Å². The third kappa shape index (κ3) is 5.07. The van der Waals surface area contributed by atoms with Crippen LogP contribution in [0.25, 0.3) is 0 Å². The first-order valence-corrected chi connectivity index (χ1v) is 9.38. The van der Waals surface area contributed by atoms with Gasteiger partial charge in [0.05, 0.1) is 38.2 Å². The van der Waals surface area contributed by atoms with Gasteiger partial charge in [-0.3, -0.25) is 4.68 Å². The van der Waals surface area contributed by atoms with Crippen LogP contribution in [0.4, 0.5) is 0 Å². The number of nitrogens with zero attached hydrogens (tertiary/aromatic N) is 3. The third-order valence-electron chi connectivity index (χ3n) is 5.13. The van der Waals surface area contributed by atoms with Crippen molar-refractivity contribution in [2.24, 2.45) is 5.92 Å². The highest BCUT2D eigenvalue weighted by atomic mass is 16.6. The largest absolute Gasteiger partial charge is 0.382 e. The predicted octanol–water partition coefficient (Wildman–Crippen LogP) is -1.43. The second-order valence-electron chi connectivity index (χ2n) is 7.38. The van der Waals surface area contributed by atoms with Crippen molar-refractivity contribution in [2.75, 3.05) is 27.4 Å². The Morgan fingerprint density at radius 2 is 1.92 bits per heavy atom. The molecule has 3 rings (SSSR count). The predicted molar refractivity (Wildman–Crippen MR) is 99.5 cm³/mol. The summed E-state index contributed by atoms with van der Waals surface area (Å²) in [5.74, 6) is 0.385. The van der Waals surface area contributed by atoms with Crippen LogP contribution in [0.5, 0.6) is 0 Å². The first kappa shape index (κ1) is 19.8. The van der Waals surface area contributed by atoms with E-state index in [2.05, 4.69) is 26.0 Å². The maximum atomic E-state index is 5.91. The molecule has 144 valence electrons. The Hall–Kier alpha value is -0.930. The Bertz CT molecular complexity index is 564. The molecule has 0 amide bonds. The first-order chi connectivity index (χ1) is 12.6. The molecule has 1 aromatic rings. The molecule has 1 aromatic heterocycles. The molecular weight excluding hydrogens is 336 g/mol. The standard InChI is InChI=1S/C16H29B2N3O5/c1-22-8-13-10(3-15(17)25-13)5-21-6-11(19-20-21)7-24-9-14-12(23-2)4-16(18)26-14/h6,10,12-16H,3-5,7-9,17-18H2,1-2H3/t10-,12+,13+,14+,15+,16+/m0/s1. The molecule has 0 spiro atoms. The minimum atomic E-state index is -0.0167. The molecule has 10 heteroatoms. The van der Waals surface area contributed by atoms with Gasteiger partial charge in [0, 0.05) is 38.7 Å². The van der Waals surface area contributed by atoms with Gasteiger partial charge in [0.1, 0.15) is 27.5 Å². The summed E-state index contributed by atoms with van der Waals surface area (Å²) in [6.07, 6.45) is 4.06. The number of ether oxygens (including phenoxy) is 5. The van der Waals surface area contributed by atoms with E-state index in [1.165, 1.54) is 0 Å². The number of methoxy groups -OCH3 is 2. The Morgan fingerprint density at radius 1 is 1.15 bits per heavy atom. The minimum absolute atomic E-state index is 0.0167. The fourth-order valence-electron chi connectivity index (χ4n) is 3.90. The molecule has 0 radical (unpaired) electrons. The number of rotatable bonds is 9. The topological polar surface area (TPSA) is 76.9 Å². The molecule has 0 N–H and O–H groups in total. The summed E-state index contributed by atoms with van der Waals surface area (Å²) in [4.78, 5) is 0. The van der Waals surface area contributed by atoms with Crippen molar-refractivity contribution < 1.29 is 23.7 Å². The highest BCUT2D eigenvalue weighted by Crippen LogP contribution is 2.26. The molecule has 6 atom stereocenters. The van der Waals surface area contributed by atoms with Crippen LogP contribution in [0, 0.1) is 5.92 Å². The molecule has 0 bridgehead atoms. The van der Waals surface area contributed by atoms with Crippen LogP contribution < -0.4 is 0 Å². The van der Waals surface area contributed by atoms with E-state index in [9.17, 15) is 0 Å². The van der Waals surface area contributed by atoms with E-state index in [-0.39, 0.29) is 30.3 Å². The van der Waals surface area contributed by atoms with E-state index in [1.807, 2.05) is 10.9 Å². The highest BCUT2D eigenvalue weighted by Gasteiger charge is 2.34. The van der Waals surface area contributed by atoms with Crippen LogP contribution in [0.1, 0.15) is 18.5 Å². The van der Waals surface area contributed by atoms with Gasteiger partial charge in [0.25, 0.3) is 0 Å². The highest BCUT2D eigenvalue weighted by molar-refractivity contribution is 6.11. The van der Waals surface area contributed by atoms with E-state index in [1.54, 1.807) is 14.2 Å². The summed E-state index contributed by atoms with van der Waals surface area (Å²) in [7, 11) is 7.58. The molecule has 0 unspecified atom stereocenters. The summed E-state index contributed by atoms with van der Waals surface area (Å²) in [6, 6.07) is 0.472. The van der Waals surface area contributed by atoms with E-state index < -0.39 is 0 Å². The lowest BCUT2D eigenvalue weighted by Gasteiger charge is -2.17. The fourth-order valence-corrected chi connectivity index (χ4v) is 3.90. The zero-order valence-corrected chi connectivity index (χ0v) is 16.2. The molecule has 2 aliphatic rings. The van der Waals surface area contributed by atoms with Gasteiger partial charge in [0.15, 0.2) is 0 Å². The zero-order chi connectivity index (χ0) is 18.5. The van der Waals surface area contributed by atoms with E-state index in [4.69, 9.17) is 23.7 Å². The van der Waals surface area contributed by atoms with Crippen molar-refractivity contribution in [1.29, 1.82) is 0 Å². The van der Waals surface area contributed by atoms with Crippen LogP contribution >= 0.6 is 0 Å². The van der Waals surface area contributed by atoms with Crippen molar-refractivity contribution in [3.05, 3.63) is 11.9 Å².